The summed E-state index contributed by atoms with van der Waals surface area (Å²) in [5.41, 5.74) is 0. The summed E-state index contributed by atoms with van der Waals surface area (Å²) in [6.45, 7) is 2.48. The van der Waals surface area contributed by atoms with E-state index in [2.05, 4.69) is 14.9 Å². The lowest BCUT2D eigenvalue weighted by molar-refractivity contribution is 0.553. The van der Waals surface area contributed by atoms with Crippen LogP contribution in [0, 0.1) is 5.82 Å². The minimum Gasteiger partial charge on any atom is -0.317 e. The molecule has 0 aliphatic rings. The van der Waals surface area contributed by atoms with Gasteiger partial charge in [-0.1, -0.05) is 12.1 Å². The van der Waals surface area contributed by atoms with Crippen LogP contribution in [0.3, 0.4) is 0 Å². The molecule has 0 fully saturated rings. The van der Waals surface area contributed by atoms with Crippen molar-refractivity contribution in [2.24, 2.45) is 0 Å². The Morgan fingerprint density at radius 1 is 1.37 bits per heavy atom. The van der Waals surface area contributed by atoms with Gasteiger partial charge in [-0.05, 0) is 19.1 Å². The van der Waals surface area contributed by atoms with Crippen LogP contribution in [-0.4, -0.2) is 23.2 Å². The number of benzene rings is 1. The van der Waals surface area contributed by atoms with E-state index in [0.717, 1.165) is 6.07 Å². The van der Waals surface area contributed by atoms with Gasteiger partial charge in [-0.25, -0.2) is 17.5 Å². The van der Waals surface area contributed by atoms with Gasteiger partial charge in [-0.15, -0.1) is 10.2 Å². The summed E-state index contributed by atoms with van der Waals surface area (Å²) in [5, 5.41) is 7.49. The quantitative estimate of drug-likeness (QED) is 0.885. The SMILES string of the molecule is CCn1cnnc1CNS(=O)(=O)c1ccccc1F. The first kappa shape index (κ1) is 13.6. The van der Waals surface area contributed by atoms with Crippen molar-refractivity contribution in [1.82, 2.24) is 19.5 Å². The molecule has 1 aromatic heterocycles. The molecular formula is C11H13FN4O2S. The Morgan fingerprint density at radius 3 is 2.79 bits per heavy atom. The van der Waals surface area contributed by atoms with Crippen molar-refractivity contribution in [3.63, 3.8) is 0 Å². The molecule has 19 heavy (non-hydrogen) atoms. The molecule has 0 bridgehead atoms. The predicted molar refractivity (Wildman–Crippen MR) is 66.1 cm³/mol. The second kappa shape index (κ2) is 5.45. The van der Waals surface area contributed by atoms with Gasteiger partial charge in [0.2, 0.25) is 10.0 Å². The minimum absolute atomic E-state index is 0.0372. The summed E-state index contributed by atoms with van der Waals surface area (Å²) in [5.74, 6) is -0.311. The molecule has 0 saturated heterocycles. The van der Waals surface area contributed by atoms with Gasteiger partial charge in [0, 0.05) is 6.54 Å². The summed E-state index contributed by atoms with van der Waals surface area (Å²) in [6, 6.07) is 5.21. The van der Waals surface area contributed by atoms with Gasteiger partial charge in [-0.3, -0.25) is 0 Å². The first-order valence-electron chi connectivity index (χ1n) is 5.65. The summed E-state index contributed by atoms with van der Waals surface area (Å²) < 4.78 is 41.3. The Morgan fingerprint density at radius 2 is 2.11 bits per heavy atom. The summed E-state index contributed by atoms with van der Waals surface area (Å²) in [6.07, 6.45) is 1.51. The molecule has 0 unspecified atom stereocenters. The molecule has 8 heteroatoms. The van der Waals surface area contributed by atoms with Gasteiger partial charge >= 0.3 is 0 Å². The van der Waals surface area contributed by atoms with Gasteiger partial charge in [0.05, 0.1) is 6.54 Å². The topological polar surface area (TPSA) is 76.9 Å². The smallest absolute Gasteiger partial charge is 0.243 e. The molecule has 0 atom stereocenters. The zero-order valence-electron chi connectivity index (χ0n) is 10.2. The van der Waals surface area contributed by atoms with Crippen molar-refractivity contribution in [3.05, 3.63) is 42.2 Å². The van der Waals surface area contributed by atoms with Crippen molar-refractivity contribution in [3.8, 4) is 0 Å². The normalized spacial score (nSPS) is 11.7. The number of nitrogens with one attached hydrogen (secondary N) is 1. The van der Waals surface area contributed by atoms with E-state index in [4.69, 9.17) is 0 Å². The number of aromatic nitrogens is 3. The fourth-order valence-corrected chi connectivity index (χ4v) is 2.64. The molecule has 1 aromatic carbocycles. The van der Waals surface area contributed by atoms with E-state index in [1.54, 1.807) is 4.57 Å². The van der Waals surface area contributed by atoms with Gasteiger partial charge in [-0.2, -0.15) is 0 Å². The number of hydrogen-bond donors (Lipinski definition) is 1. The van der Waals surface area contributed by atoms with Crippen LogP contribution in [0.15, 0.2) is 35.5 Å². The number of halogens is 1. The molecule has 0 amide bonds. The van der Waals surface area contributed by atoms with E-state index in [9.17, 15) is 12.8 Å². The van der Waals surface area contributed by atoms with Gasteiger partial charge in [0.1, 0.15) is 22.9 Å². The third kappa shape index (κ3) is 2.96. The van der Waals surface area contributed by atoms with Crippen LogP contribution in [-0.2, 0) is 23.1 Å². The average molecular weight is 284 g/mol. The highest BCUT2D eigenvalue weighted by Crippen LogP contribution is 2.13. The summed E-state index contributed by atoms with van der Waals surface area (Å²) >= 11 is 0. The highest BCUT2D eigenvalue weighted by molar-refractivity contribution is 7.89. The molecule has 0 saturated carbocycles. The molecule has 0 aliphatic heterocycles. The van der Waals surface area contributed by atoms with Crippen molar-refractivity contribution in [2.45, 2.75) is 24.9 Å². The first-order chi connectivity index (χ1) is 9.04. The fraction of sp³-hybridized carbons (Fsp3) is 0.273. The standard InChI is InChI=1S/C11H13FN4O2S/c1-2-16-8-13-15-11(16)7-14-19(17,18)10-6-4-3-5-9(10)12/h3-6,8,14H,2,7H2,1H3. The molecule has 6 nitrogen and oxygen atoms in total. The number of rotatable bonds is 5. The monoisotopic (exact) mass is 284 g/mol. The minimum atomic E-state index is -3.90. The maximum atomic E-state index is 13.4. The van der Waals surface area contributed by atoms with Crippen LogP contribution >= 0.6 is 0 Å². The highest BCUT2D eigenvalue weighted by atomic mass is 32.2. The Kier molecular flexibility index (Phi) is 3.91. The van der Waals surface area contributed by atoms with Gasteiger partial charge in [0.15, 0.2) is 0 Å². The summed E-state index contributed by atoms with van der Waals surface area (Å²) in [4.78, 5) is -0.377. The van der Waals surface area contributed by atoms with E-state index < -0.39 is 15.8 Å². The average Bonchev–Trinajstić information content (AvgIpc) is 2.84. The zero-order chi connectivity index (χ0) is 13.9. The maximum absolute atomic E-state index is 13.4. The van der Waals surface area contributed by atoms with Crippen LogP contribution in [0.1, 0.15) is 12.7 Å². The van der Waals surface area contributed by atoms with Crippen LogP contribution < -0.4 is 4.72 Å². The molecule has 1 heterocycles. The molecule has 0 radical (unpaired) electrons. The molecule has 102 valence electrons. The Labute approximate surface area is 110 Å². The lowest BCUT2D eigenvalue weighted by atomic mass is 10.4. The maximum Gasteiger partial charge on any atom is 0.243 e. The number of sulfonamides is 1. The van der Waals surface area contributed by atoms with Gasteiger partial charge in [0.25, 0.3) is 0 Å². The lowest BCUT2D eigenvalue weighted by Crippen LogP contribution is -2.25. The Balaban J connectivity index is 2.17. The van der Waals surface area contributed by atoms with E-state index >= 15 is 0 Å². The molecule has 1 N–H and O–H groups in total. The largest absolute Gasteiger partial charge is 0.317 e. The molecular weight excluding hydrogens is 271 g/mol. The number of aryl methyl sites for hydroxylation is 1. The van der Waals surface area contributed by atoms with Crippen LogP contribution in [0.4, 0.5) is 4.39 Å². The van der Waals surface area contributed by atoms with Crippen molar-refractivity contribution < 1.29 is 12.8 Å². The first-order valence-corrected chi connectivity index (χ1v) is 7.14. The van der Waals surface area contributed by atoms with Crippen molar-refractivity contribution in [1.29, 1.82) is 0 Å². The van der Waals surface area contributed by atoms with Crippen LogP contribution in [0.25, 0.3) is 0 Å². The third-order valence-electron chi connectivity index (χ3n) is 2.58. The molecule has 0 spiro atoms. The lowest BCUT2D eigenvalue weighted by Gasteiger charge is -2.07. The van der Waals surface area contributed by atoms with Crippen LogP contribution in [0.5, 0.6) is 0 Å². The van der Waals surface area contributed by atoms with E-state index in [-0.39, 0.29) is 11.4 Å². The summed E-state index contributed by atoms with van der Waals surface area (Å²) in [7, 11) is -3.90. The van der Waals surface area contributed by atoms with Gasteiger partial charge < -0.3 is 4.57 Å². The number of nitrogens with zero attached hydrogens (tertiary/aromatic N) is 3. The Hall–Kier alpha value is -1.80. The van der Waals surface area contributed by atoms with Crippen molar-refractivity contribution >= 4 is 10.0 Å². The van der Waals surface area contributed by atoms with E-state index in [1.807, 2.05) is 6.92 Å². The van der Waals surface area contributed by atoms with Crippen molar-refractivity contribution in [2.75, 3.05) is 0 Å². The Bertz CT molecular complexity index is 669. The predicted octanol–water partition coefficient (Wildman–Crippen LogP) is 0.916. The molecule has 2 rings (SSSR count). The third-order valence-corrected chi connectivity index (χ3v) is 4.02. The second-order valence-electron chi connectivity index (χ2n) is 3.79. The van der Waals surface area contributed by atoms with Crippen LogP contribution in [0.2, 0.25) is 0 Å². The zero-order valence-corrected chi connectivity index (χ0v) is 11.1. The fourth-order valence-electron chi connectivity index (χ4n) is 1.58. The second-order valence-corrected chi connectivity index (χ2v) is 5.52. The van der Waals surface area contributed by atoms with E-state index in [0.29, 0.717) is 12.4 Å². The molecule has 0 aliphatic carbocycles. The highest BCUT2D eigenvalue weighted by Gasteiger charge is 2.18. The molecule has 2 aromatic rings. The van der Waals surface area contributed by atoms with E-state index in [1.165, 1.54) is 24.5 Å². The number of hydrogen-bond acceptors (Lipinski definition) is 4.